The van der Waals surface area contributed by atoms with Crippen LogP contribution in [0.2, 0.25) is 0 Å². The zero-order chi connectivity index (χ0) is 15.5. The fourth-order valence-electron chi connectivity index (χ4n) is 1.83. The average Bonchev–Trinajstić information content (AvgIpc) is 2.37. The van der Waals surface area contributed by atoms with Gasteiger partial charge in [-0.05, 0) is 36.2 Å². The van der Waals surface area contributed by atoms with Crippen molar-refractivity contribution in [3.05, 3.63) is 59.3 Å². The van der Waals surface area contributed by atoms with Crippen LogP contribution in [0.3, 0.4) is 0 Å². The van der Waals surface area contributed by atoms with Crippen LogP contribution >= 0.6 is 0 Å². The van der Waals surface area contributed by atoms with E-state index in [-0.39, 0.29) is 6.42 Å². The topological polar surface area (TPSA) is 42.0 Å². The monoisotopic (exact) mass is 294 g/mol. The first kappa shape index (κ1) is 15.0. The molecular weight excluding hydrogens is 281 g/mol. The Hall–Kier alpha value is -2.37. The van der Waals surface area contributed by atoms with Crippen LogP contribution in [0.25, 0.3) is 0 Å². The molecule has 1 heterocycles. The van der Waals surface area contributed by atoms with E-state index in [2.05, 4.69) is 10.3 Å². The molecule has 1 aromatic heterocycles. The zero-order valence-electron chi connectivity index (χ0n) is 11.2. The van der Waals surface area contributed by atoms with Gasteiger partial charge in [0.05, 0.1) is 12.0 Å². The lowest BCUT2D eigenvalue weighted by molar-refractivity contribution is -0.137. The lowest BCUT2D eigenvalue weighted by Crippen LogP contribution is -2.16. The highest BCUT2D eigenvalue weighted by Gasteiger charge is 2.30. The summed E-state index contributed by atoms with van der Waals surface area (Å²) in [6.45, 7) is 1.85. The largest absolute Gasteiger partial charge is 0.416 e. The van der Waals surface area contributed by atoms with E-state index in [1.54, 1.807) is 18.3 Å². The molecule has 0 saturated heterocycles. The number of aromatic nitrogens is 1. The van der Waals surface area contributed by atoms with E-state index in [4.69, 9.17) is 0 Å². The molecule has 0 aliphatic rings. The number of hydrogen-bond donors (Lipinski definition) is 1. The van der Waals surface area contributed by atoms with Gasteiger partial charge in [-0.3, -0.25) is 4.79 Å². The molecule has 0 fully saturated rings. The van der Waals surface area contributed by atoms with Gasteiger partial charge in [0, 0.05) is 6.20 Å². The number of pyridine rings is 1. The second kappa shape index (κ2) is 5.95. The lowest BCUT2D eigenvalue weighted by atomic mass is 10.1. The molecule has 0 aliphatic heterocycles. The van der Waals surface area contributed by atoms with Gasteiger partial charge in [-0.25, -0.2) is 4.98 Å². The van der Waals surface area contributed by atoms with Crippen molar-refractivity contribution >= 4 is 11.7 Å². The fourth-order valence-corrected chi connectivity index (χ4v) is 1.83. The molecule has 2 rings (SSSR count). The summed E-state index contributed by atoms with van der Waals surface area (Å²) < 4.78 is 37.8. The maximum Gasteiger partial charge on any atom is 0.416 e. The Balaban J connectivity index is 2.06. The number of hydrogen-bond acceptors (Lipinski definition) is 2. The summed E-state index contributed by atoms with van der Waals surface area (Å²) in [6, 6.07) is 8.19. The highest BCUT2D eigenvalue weighted by Crippen LogP contribution is 2.29. The van der Waals surface area contributed by atoms with Crippen LogP contribution in [0.5, 0.6) is 0 Å². The van der Waals surface area contributed by atoms with E-state index in [9.17, 15) is 18.0 Å². The predicted molar refractivity (Wildman–Crippen MR) is 72.8 cm³/mol. The number of amides is 1. The number of nitrogens with zero attached hydrogens (tertiary/aromatic N) is 1. The first-order valence-corrected chi connectivity index (χ1v) is 6.23. The molecule has 3 nitrogen and oxygen atoms in total. The van der Waals surface area contributed by atoms with Crippen LogP contribution in [0.4, 0.5) is 19.0 Å². The lowest BCUT2D eigenvalue weighted by Gasteiger charge is -2.09. The van der Waals surface area contributed by atoms with Crippen molar-refractivity contribution in [1.82, 2.24) is 4.98 Å². The van der Waals surface area contributed by atoms with E-state index in [0.717, 1.165) is 17.7 Å². The molecule has 6 heteroatoms. The van der Waals surface area contributed by atoms with E-state index < -0.39 is 17.6 Å². The first-order valence-electron chi connectivity index (χ1n) is 6.23. The molecule has 0 aliphatic carbocycles. The summed E-state index contributed by atoms with van der Waals surface area (Å²) >= 11 is 0. The molecule has 0 spiro atoms. The number of alkyl halides is 3. The molecule has 0 atom stereocenters. The van der Waals surface area contributed by atoms with Gasteiger partial charge < -0.3 is 5.32 Å². The number of halogens is 3. The summed E-state index contributed by atoms with van der Waals surface area (Å²) in [7, 11) is 0. The van der Waals surface area contributed by atoms with Crippen LogP contribution in [0, 0.1) is 6.92 Å². The first-order chi connectivity index (χ1) is 9.84. The molecule has 0 unspecified atom stereocenters. The Bertz CT molecular complexity index is 653. The Morgan fingerprint density at radius 3 is 2.67 bits per heavy atom. The molecule has 0 saturated carbocycles. The van der Waals surface area contributed by atoms with Gasteiger partial charge in [0.25, 0.3) is 0 Å². The number of benzene rings is 1. The predicted octanol–water partition coefficient (Wildman–Crippen LogP) is 3.59. The van der Waals surface area contributed by atoms with Crippen molar-refractivity contribution in [3.8, 4) is 0 Å². The standard InChI is InChI=1S/C15H13F3N2O/c1-10-5-6-19-13(7-10)20-14(21)9-11-3-2-4-12(8-11)15(16,17)18/h2-8H,9H2,1H3,(H,19,20,21). The van der Waals surface area contributed by atoms with Crippen LogP contribution in [0.15, 0.2) is 42.6 Å². The number of anilines is 1. The van der Waals surface area contributed by atoms with Crippen molar-refractivity contribution in [2.75, 3.05) is 5.32 Å². The Labute approximate surface area is 119 Å². The van der Waals surface area contributed by atoms with E-state index in [1.807, 2.05) is 6.92 Å². The molecule has 1 N–H and O–H groups in total. The molecule has 1 amide bonds. The third-order valence-electron chi connectivity index (χ3n) is 2.80. The molecule has 2 aromatic rings. The van der Waals surface area contributed by atoms with E-state index >= 15 is 0 Å². The number of nitrogens with one attached hydrogen (secondary N) is 1. The van der Waals surface area contributed by atoms with Crippen molar-refractivity contribution in [1.29, 1.82) is 0 Å². The molecule has 21 heavy (non-hydrogen) atoms. The van der Waals surface area contributed by atoms with E-state index in [1.165, 1.54) is 12.1 Å². The van der Waals surface area contributed by atoms with Crippen molar-refractivity contribution < 1.29 is 18.0 Å². The number of carbonyl (C=O) groups excluding carboxylic acids is 1. The summed E-state index contributed by atoms with van der Waals surface area (Å²) in [5.41, 5.74) is 0.468. The van der Waals surface area contributed by atoms with Crippen LogP contribution in [-0.2, 0) is 17.4 Å². The number of rotatable bonds is 3. The van der Waals surface area contributed by atoms with Crippen LogP contribution in [0.1, 0.15) is 16.7 Å². The highest BCUT2D eigenvalue weighted by atomic mass is 19.4. The second-order valence-electron chi connectivity index (χ2n) is 4.64. The van der Waals surface area contributed by atoms with Crippen LogP contribution < -0.4 is 5.32 Å². The molecule has 0 bridgehead atoms. The minimum atomic E-state index is -4.41. The van der Waals surface area contributed by atoms with Gasteiger partial charge in [0.1, 0.15) is 5.82 Å². The van der Waals surface area contributed by atoms with Crippen molar-refractivity contribution in [3.63, 3.8) is 0 Å². The Morgan fingerprint density at radius 2 is 2.00 bits per heavy atom. The third-order valence-corrected chi connectivity index (χ3v) is 2.80. The van der Waals surface area contributed by atoms with Gasteiger partial charge in [-0.1, -0.05) is 18.2 Å². The smallest absolute Gasteiger partial charge is 0.310 e. The summed E-state index contributed by atoms with van der Waals surface area (Å²) in [4.78, 5) is 15.8. The quantitative estimate of drug-likeness (QED) is 0.940. The minimum absolute atomic E-state index is 0.139. The second-order valence-corrected chi connectivity index (χ2v) is 4.64. The van der Waals surface area contributed by atoms with Gasteiger partial charge in [0.15, 0.2) is 0 Å². The molecule has 1 aromatic carbocycles. The third kappa shape index (κ3) is 4.30. The van der Waals surface area contributed by atoms with Crippen molar-refractivity contribution in [2.24, 2.45) is 0 Å². The van der Waals surface area contributed by atoms with Crippen LogP contribution in [-0.4, -0.2) is 10.9 Å². The molecule has 0 radical (unpaired) electrons. The number of aryl methyl sites for hydroxylation is 1. The fraction of sp³-hybridized carbons (Fsp3) is 0.200. The maximum atomic E-state index is 12.6. The van der Waals surface area contributed by atoms with Gasteiger partial charge in [-0.15, -0.1) is 0 Å². The van der Waals surface area contributed by atoms with Crippen molar-refractivity contribution in [2.45, 2.75) is 19.5 Å². The Morgan fingerprint density at radius 1 is 1.24 bits per heavy atom. The van der Waals surface area contributed by atoms with Gasteiger partial charge in [0.2, 0.25) is 5.91 Å². The summed E-state index contributed by atoms with van der Waals surface area (Å²) in [5, 5.41) is 2.56. The maximum absolute atomic E-state index is 12.6. The average molecular weight is 294 g/mol. The van der Waals surface area contributed by atoms with Gasteiger partial charge >= 0.3 is 6.18 Å². The van der Waals surface area contributed by atoms with E-state index in [0.29, 0.717) is 11.4 Å². The minimum Gasteiger partial charge on any atom is -0.310 e. The summed E-state index contributed by atoms with van der Waals surface area (Å²) in [6.07, 6.45) is -3.00. The number of carbonyl (C=O) groups is 1. The molecule has 110 valence electrons. The van der Waals surface area contributed by atoms with Gasteiger partial charge in [-0.2, -0.15) is 13.2 Å². The normalized spacial score (nSPS) is 11.2. The highest BCUT2D eigenvalue weighted by molar-refractivity contribution is 5.91. The Kier molecular flexibility index (Phi) is 4.26. The zero-order valence-corrected chi connectivity index (χ0v) is 11.2. The summed E-state index contributed by atoms with van der Waals surface area (Å²) in [5.74, 6) is -0.0283. The molecular formula is C15H13F3N2O. The SMILES string of the molecule is Cc1ccnc(NC(=O)Cc2cccc(C(F)(F)F)c2)c1.